The molecule has 2 aromatic rings. The maximum absolute atomic E-state index is 13.1. The Morgan fingerprint density at radius 2 is 1.89 bits per heavy atom. The van der Waals surface area contributed by atoms with Crippen LogP contribution in [0.2, 0.25) is 0 Å². The van der Waals surface area contributed by atoms with Gasteiger partial charge in [0.15, 0.2) is 0 Å². The monoisotopic (exact) mass is 442 g/mol. The lowest BCUT2D eigenvalue weighted by Crippen LogP contribution is -2.54. The van der Waals surface area contributed by atoms with Gasteiger partial charge in [-0.2, -0.15) is 0 Å². The van der Waals surface area contributed by atoms with Gasteiger partial charge in [0, 0.05) is 0 Å². The average Bonchev–Trinajstić information content (AvgIpc) is 2.66. The predicted molar refractivity (Wildman–Crippen MR) is 104 cm³/mol. The molecule has 0 aromatic heterocycles. The van der Waals surface area contributed by atoms with Crippen molar-refractivity contribution in [1.82, 2.24) is 5.32 Å². The molecule has 1 heterocycles. The Kier molecular flexibility index (Phi) is 5.57. The Bertz CT molecular complexity index is 1040. The largest absolute Gasteiger partial charge is 0.480 e. The van der Waals surface area contributed by atoms with E-state index in [-0.39, 0.29) is 17.9 Å². The number of rotatable bonds is 4. The lowest BCUT2D eigenvalue weighted by molar-refractivity contribution is -0.122. The van der Waals surface area contributed by atoms with Gasteiger partial charge >= 0.3 is 6.03 Å². The molecule has 28 heavy (non-hydrogen) atoms. The summed E-state index contributed by atoms with van der Waals surface area (Å²) in [7, 11) is 0. The van der Waals surface area contributed by atoms with Gasteiger partial charge in [-0.15, -0.1) is 6.42 Å². The van der Waals surface area contributed by atoms with Crippen LogP contribution in [0.4, 0.5) is 14.9 Å². The summed E-state index contributed by atoms with van der Waals surface area (Å²) in [6.45, 7) is 0.0919. The van der Waals surface area contributed by atoms with Crippen molar-refractivity contribution in [1.29, 1.82) is 0 Å². The van der Waals surface area contributed by atoms with Gasteiger partial charge in [-0.1, -0.05) is 12.0 Å². The maximum Gasteiger partial charge on any atom is 0.335 e. The number of amides is 4. The minimum atomic E-state index is -0.905. The standard InChI is InChI=1S/C20H12BrFN2O4/c1-2-9-28-17-8-3-12(11-16(17)21)10-15-18(25)23-20(27)24(19(15)26)14-6-4-13(22)5-7-14/h1,3-8,10-11H,9H2,(H,23,25,27)/b15-10+. The third-order valence-corrected chi connectivity index (χ3v) is 4.38. The molecule has 1 aliphatic heterocycles. The summed E-state index contributed by atoms with van der Waals surface area (Å²) in [6, 6.07) is 8.76. The number of anilines is 1. The number of ether oxygens (including phenoxy) is 1. The Morgan fingerprint density at radius 1 is 1.18 bits per heavy atom. The van der Waals surface area contributed by atoms with Crippen LogP contribution in [0.25, 0.3) is 6.08 Å². The second kappa shape index (κ2) is 8.06. The molecule has 140 valence electrons. The lowest BCUT2D eigenvalue weighted by atomic mass is 10.1. The highest BCUT2D eigenvalue weighted by Gasteiger charge is 2.36. The number of halogens is 2. The van der Waals surface area contributed by atoms with E-state index in [4.69, 9.17) is 11.2 Å². The Balaban J connectivity index is 1.94. The molecule has 1 saturated heterocycles. The number of urea groups is 1. The summed E-state index contributed by atoms with van der Waals surface area (Å²) >= 11 is 3.33. The third kappa shape index (κ3) is 3.94. The minimum Gasteiger partial charge on any atom is -0.480 e. The Labute approximate surface area is 168 Å². The topological polar surface area (TPSA) is 75.7 Å². The Morgan fingerprint density at radius 3 is 2.54 bits per heavy atom. The number of carbonyl (C=O) groups excluding carboxylic acids is 3. The first kappa shape index (κ1) is 19.3. The quantitative estimate of drug-likeness (QED) is 0.447. The van der Waals surface area contributed by atoms with E-state index >= 15 is 0 Å². The van der Waals surface area contributed by atoms with Gasteiger partial charge in [0.25, 0.3) is 11.8 Å². The first-order chi connectivity index (χ1) is 13.4. The van der Waals surface area contributed by atoms with Gasteiger partial charge in [0.2, 0.25) is 0 Å². The van der Waals surface area contributed by atoms with Crippen molar-refractivity contribution in [3.63, 3.8) is 0 Å². The smallest absolute Gasteiger partial charge is 0.335 e. The van der Waals surface area contributed by atoms with Crippen LogP contribution in [0.15, 0.2) is 52.5 Å². The van der Waals surface area contributed by atoms with Crippen molar-refractivity contribution >= 4 is 45.5 Å². The fourth-order valence-corrected chi connectivity index (χ4v) is 3.00. The van der Waals surface area contributed by atoms with Gasteiger partial charge in [-0.3, -0.25) is 14.9 Å². The second-order valence-electron chi connectivity index (χ2n) is 5.62. The molecule has 1 N–H and O–H groups in total. The molecule has 8 heteroatoms. The predicted octanol–water partition coefficient (Wildman–Crippen LogP) is 3.27. The van der Waals surface area contributed by atoms with Crippen LogP contribution in [0.5, 0.6) is 5.75 Å². The van der Waals surface area contributed by atoms with E-state index in [0.717, 1.165) is 17.0 Å². The summed E-state index contributed by atoms with van der Waals surface area (Å²) in [5.74, 6) is 0.698. The Hall–Kier alpha value is -3.44. The van der Waals surface area contributed by atoms with Crippen LogP contribution in [-0.2, 0) is 9.59 Å². The molecule has 1 fully saturated rings. The first-order valence-corrected chi connectivity index (χ1v) is 8.73. The summed E-state index contributed by atoms with van der Waals surface area (Å²) in [6.07, 6.45) is 6.50. The highest BCUT2D eigenvalue weighted by molar-refractivity contribution is 9.10. The zero-order chi connectivity index (χ0) is 20.3. The summed E-state index contributed by atoms with van der Waals surface area (Å²) in [4.78, 5) is 37.8. The van der Waals surface area contributed by atoms with Crippen LogP contribution in [0.3, 0.4) is 0 Å². The van der Waals surface area contributed by atoms with Crippen molar-refractivity contribution in [3.05, 3.63) is 63.9 Å². The van der Waals surface area contributed by atoms with Crippen molar-refractivity contribution < 1.29 is 23.5 Å². The van der Waals surface area contributed by atoms with Crippen molar-refractivity contribution in [3.8, 4) is 18.1 Å². The fraction of sp³-hybridized carbons (Fsp3) is 0.0500. The van der Waals surface area contributed by atoms with E-state index in [1.165, 1.54) is 18.2 Å². The van der Waals surface area contributed by atoms with Crippen LogP contribution >= 0.6 is 15.9 Å². The summed E-state index contributed by atoms with van der Waals surface area (Å²) in [5, 5.41) is 2.10. The van der Waals surface area contributed by atoms with Crippen LogP contribution in [-0.4, -0.2) is 24.5 Å². The third-order valence-electron chi connectivity index (χ3n) is 3.76. The number of imide groups is 2. The molecule has 0 aliphatic carbocycles. The minimum absolute atomic E-state index is 0.0919. The number of terminal acetylenes is 1. The summed E-state index contributed by atoms with van der Waals surface area (Å²) in [5.41, 5.74) is 0.418. The van der Waals surface area contributed by atoms with E-state index in [9.17, 15) is 18.8 Å². The average molecular weight is 443 g/mol. The molecule has 0 unspecified atom stereocenters. The molecule has 0 saturated carbocycles. The normalized spacial score (nSPS) is 15.4. The van der Waals surface area contributed by atoms with Gasteiger partial charge in [-0.05, 0) is 64.0 Å². The highest BCUT2D eigenvalue weighted by Crippen LogP contribution is 2.28. The van der Waals surface area contributed by atoms with E-state index in [1.807, 2.05) is 0 Å². The fourth-order valence-electron chi connectivity index (χ4n) is 2.49. The lowest BCUT2D eigenvalue weighted by Gasteiger charge is -2.26. The van der Waals surface area contributed by atoms with E-state index in [1.54, 1.807) is 18.2 Å². The number of barbiturate groups is 1. The second-order valence-corrected chi connectivity index (χ2v) is 6.47. The molecular formula is C20H12BrFN2O4. The highest BCUT2D eigenvalue weighted by atomic mass is 79.9. The van der Waals surface area contributed by atoms with E-state index in [2.05, 4.69) is 27.2 Å². The molecule has 2 aromatic carbocycles. The number of carbonyl (C=O) groups is 3. The van der Waals surface area contributed by atoms with Crippen LogP contribution < -0.4 is 15.0 Å². The van der Waals surface area contributed by atoms with E-state index in [0.29, 0.717) is 15.8 Å². The number of benzene rings is 2. The van der Waals surface area contributed by atoms with E-state index < -0.39 is 23.7 Å². The molecule has 4 amide bonds. The van der Waals surface area contributed by atoms with Crippen molar-refractivity contribution in [2.24, 2.45) is 0 Å². The maximum atomic E-state index is 13.1. The number of hydrogen-bond acceptors (Lipinski definition) is 4. The van der Waals surface area contributed by atoms with Gasteiger partial charge in [0.05, 0.1) is 10.2 Å². The SMILES string of the molecule is C#CCOc1ccc(/C=C2\C(=O)NC(=O)N(c3ccc(F)cc3)C2=O)cc1Br. The van der Waals surface area contributed by atoms with Gasteiger partial charge in [-0.25, -0.2) is 14.1 Å². The molecule has 6 nitrogen and oxygen atoms in total. The van der Waals surface area contributed by atoms with Gasteiger partial charge in [0.1, 0.15) is 23.7 Å². The van der Waals surface area contributed by atoms with Crippen molar-refractivity contribution in [2.75, 3.05) is 11.5 Å². The number of hydrogen-bond donors (Lipinski definition) is 1. The van der Waals surface area contributed by atoms with Crippen molar-refractivity contribution in [2.45, 2.75) is 0 Å². The zero-order valence-corrected chi connectivity index (χ0v) is 15.8. The van der Waals surface area contributed by atoms with Gasteiger partial charge < -0.3 is 4.74 Å². The first-order valence-electron chi connectivity index (χ1n) is 7.93. The summed E-state index contributed by atoms with van der Waals surface area (Å²) < 4.78 is 19.0. The van der Waals surface area contributed by atoms with Crippen LogP contribution in [0.1, 0.15) is 5.56 Å². The molecule has 3 rings (SSSR count). The molecule has 1 aliphatic rings. The molecule has 0 spiro atoms. The van der Waals surface area contributed by atoms with Crippen LogP contribution in [0, 0.1) is 18.2 Å². The number of nitrogens with one attached hydrogen (secondary N) is 1. The molecule has 0 bridgehead atoms. The molecule has 0 atom stereocenters. The number of nitrogens with zero attached hydrogens (tertiary/aromatic N) is 1. The zero-order valence-electron chi connectivity index (χ0n) is 14.2. The molecule has 0 radical (unpaired) electrons. The molecular weight excluding hydrogens is 431 g/mol.